The molecular weight excluding hydrogens is 422 g/mol. The van der Waals surface area contributed by atoms with E-state index in [9.17, 15) is 0 Å². The summed E-state index contributed by atoms with van der Waals surface area (Å²) in [5, 5.41) is 21.7. The molecular formula is C27H29N7. The second-order valence-corrected chi connectivity index (χ2v) is 8.59. The second kappa shape index (κ2) is 10.3. The minimum Gasteiger partial charge on any atom is -0.335 e. The maximum Gasteiger partial charge on any atom is 0.205 e. The predicted octanol–water partition coefficient (Wildman–Crippen LogP) is 5.31. The molecule has 4 aromatic rings. The molecule has 1 aliphatic heterocycles. The van der Waals surface area contributed by atoms with E-state index in [0.717, 1.165) is 49.3 Å². The molecule has 3 aromatic carbocycles. The number of nitrogens with zero attached hydrogens (tertiary/aromatic N) is 6. The minimum atomic E-state index is 0.604. The molecule has 0 unspecified atom stereocenters. The van der Waals surface area contributed by atoms with E-state index in [4.69, 9.17) is 5.10 Å². The molecule has 1 aromatic heterocycles. The third-order valence-corrected chi connectivity index (χ3v) is 6.07. The average molecular weight is 452 g/mol. The summed E-state index contributed by atoms with van der Waals surface area (Å²) in [4.78, 5) is 2.40. The van der Waals surface area contributed by atoms with Crippen LogP contribution in [0, 0.1) is 0 Å². The van der Waals surface area contributed by atoms with Crippen LogP contribution in [0.3, 0.4) is 0 Å². The van der Waals surface area contributed by atoms with Crippen LogP contribution >= 0.6 is 0 Å². The van der Waals surface area contributed by atoms with Crippen LogP contribution in [0.1, 0.15) is 37.3 Å². The van der Waals surface area contributed by atoms with Gasteiger partial charge in [-0.25, -0.2) is 0 Å². The van der Waals surface area contributed by atoms with Crippen LogP contribution < -0.4 is 0 Å². The summed E-state index contributed by atoms with van der Waals surface area (Å²) in [7, 11) is 0. The smallest absolute Gasteiger partial charge is 0.205 e. The summed E-state index contributed by atoms with van der Waals surface area (Å²) < 4.78 is 0. The Morgan fingerprint density at radius 3 is 2.29 bits per heavy atom. The topological polar surface area (TPSA) is 73.3 Å². The van der Waals surface area contributed by atoms with Gasteiger partial charge in [-0.2, -0.15) is 10.3 Å². The number of H-pyrrole nitrogens is 1. The number of hydrazone groups is 1. The van der Waals surface area contributed by atoms with Gasteiger partial charge < -0.3 is 4.90 Å². The number of hydrogen-bond acceptors (Lipinski definition) is 6. The molecule has 0 atom stereocenters. The van der Waals surface area contributed by atoms with Gasteiger partial charge >= 0.3 is 0 Å². The van der Waals surface area contributed by atoms with E-state index in [2.05, 4.69) is 98.1 Å². The molecule has 172 valence electrons. The number of hydrogen-bond donors (Lipinski definition) is 1. The van der Waals surface area contributed by atoms with Gasteiger partial charge in [0.2, 0.25) is 5.82 Å². The largest absolute Gasteiger partial charge is 0.335 e. The standard InChI is InChI=1S/C27H29N7/c1-2-3-13-26-30-34(19-21-9-5-4-6-10-21)20-33(26)18-22-14-16-23(17-15-22)24-11-7-8-12-25(24)27-28-31-32-29-27/h4-12,14-17H,2-3,13,18-20H2,1H3,(H,28,29,31,32). The molecule has 7 nitrogen and oxygen atoms in total. The SMILES string of the molecule is CCCCC1=NN(Cc2ccccc2)CN1Cc1ccc(-c2ccccc2-c2nn[nH]n2)cc1. The Labute approximate surface area is 200 Å². The van der Waals surface area contributed by atoms with E-state index in [-0.39, 0.29) is 0 Å². The first kappa shape index (κ1) is 21.8. The summed E-state index contributed by atoms with van der Waals surface area (Å²) >= 11 is 0. The number of amidine groups is 1. The predicted molar refractivity (Wildman–Crippen MR) is 134 cm³/mol. The van der Waals surface area contributed by atoms with Crippen molar-refractivity contribution in [1.29, 1.82) is 0 Å². The third-order valence-electron chi connectivity index (χ3n) is 6.07. The van der Waals surface area contributed by atoms with Crippen LogP contribution in [0.15, 0.2) is 84.0 Å². The van der Waals surface area contributed by atoms with E-state index >= 15 is 0 Å². The molecule has 0 saturated carbocycles. The van der Waals surface area contributed by atoms with Crippen molar-refractivity contribution >= 4 is 5.84 Å². The molecule has 2 heterocycles. The summed E-state index contributed by atoms with van der Waals surface area (Å²) in [5.41, 5.74) is 5.75. The van der Waals surface area contributed by atoms with E-state index in [1.807, 2.05) is 18.2 Å². The highest BCUT2D eigenvalue weighted by atomic mass is 15.6. The first-order valence-corrected chi connectivity index (χ1v) is 11.8. The van der Waals surface area contributed by atoms with Gasteiger partial charge in [-0.1, -0.05) is 92.2 Å². The number of aromatic amines is 1. The number of rotatable bonds is 9. The van der Waals surface area contributed by atoms with Gasteiger partial charge in [0.05, 0.1) is 6.54 Å². The van der Waals surface area contributed by atoms with Crippen LogP contribution in [-0.2, 0) is 13.1 Å². The van der Waals surface area contributed by atoms with Gasteiger partial charge in [-0.3, -0.25) is 5.01 Å². The molecule has 1 N–H and O–H groups in total. The van der Waals surface area contributed by atoms with Crippen LogP contribution in [0.2, 0.25) is 0 Å². The van der Waals surface area contributed by atoms with E-state index < -0.39 is 0 Å². The highest BCUT2D eigenvalue weighted by molar-refractivity contribution is 5.83. The Kier molecular flexibility index (Phi) is 6.61. The van der Waals surface area contributed by atoms with Crippen LogP contribution in [0.5, 0.6) is 0 Å². The molecule has 0 amide bonds. The van der Waals surface area contributed by atoms with Gasteiger partial charge in [0.15, 0.2) is 0 Å². The fourth-order valence-corrected chi connectivity index (χ4v) is 4.32. The normalized spacial score (nSPS) is 13.4. The first-order chi connectivity index (χ1) is 16.8. The fraction of sp³-hybridized carbons (Fsp3) is 0.259. The van der Waals surface area contributed by atoms with Gasteiger partial charge in [0, 0.05) is 18.5 Å². The van der Waals surface area contributed by atoms with Gasteiger partial charge in [-0.15, -0.1) is 10.2 Å². The minimum absolute atomic E-state index is 0.604. The Hall–Kier alpha value is -4.00. The van der Waals surface area contributed by atoms with Crippen molar-refractivity contribution in [3.63, 3.8) is 0 Å². The van der Waals surface area contributed by atoms with Crippen molar-refractivity contribution in [1.82, 2.24) is 30.5 Å². The van der Waals surface area contributed by atoms with Crippen LogP contribution in [0.4, 0.5) is 0 Å². The quantitative estimate of drug-likeness (QED) is 0.373. The molecule has 0 radical (unpaired) electrons. The Balaban J connectivity index is 1.31. The van der Waals surface area contributed by atoms with E-state index in [1.165, 1.54) is 23.4 Å². The average Bonchev–Trinajstić information content (AvgIpc) is 3.54. The number of benzene rings is 3. The van der Waals surface area contributed by atoms with Crippen LogP contribution in [-0.4, -0.2) is 43.0 Å². The highest BCUT2D eigenvalue weighted by Crippen LogP contribution is 2.30. The molecule has 0 bridgehead atoms. The maximum absolute atomic E-state index is 4.96. The lowest BCUT2D eigenvalue weighted by Crippen LogP contribution is -2.30. The summed E-state index contributed by atoms with van der Waals surface area (Å²) in [6.45, 7) is 4.72. The van der Waals surface area contributed by atoms with Gasteiger partial charge in [-0.05, 0) is 33.9 Å². The molecule has 34 heavy (non-hydrogen) atoms. The monoisotopic (exact) mass is 451 g/mol. The van der Waals surface area contributed by atoms with Crippen molar-refractivity contribution < 1.29 is 0 Å². The van der Waals surface area contributed by atoms with Crippen molar-refractivity contribution in [3.8, 4) is 22.5 Å². The molecule has 1 aliphatic rings. The van der Waals surface area contributed by atoms with Crippen molar-refractivity contribution in [2.45, 2.75) is 39.3 Å². The molecule has 0 spiro atoms. The third kappa shape index (κ3) is 4.98. The van der Waals surface area contributed by atoms with Crippen molar-refractivity contribution in [3.05, 3.63) is 90.0 Å². The zero-order valence-electron chi connectivity index (χ0n) is 19.4. The zero-order chi connectivity index (χ0) is 23.2. The first-order valence-electron chi connectivity index (χ1n) is 11.8. The molecule has 5 rings (SSSR count). The van der Waals surface area contributed by atoms with E-state index in [1.54, 1.807) is 0 Å². The van der Waals surface area contributed by atoms with E-state index in [0.29, 0.717) is 5.82 Å². The highest BCUT2D eigenvalue weighted by Gasteiger charge is 2.22. The summed E-state index contributed by atoms with van der Waals surface area (Å²) in [6, 6.07) is 27.5. The maximum atomic E-state index is 4.96. The Bertz CT molecular complexity index is 1220. The Morgan fingerprint density at radius 1 is 0.824 bits per heavy atom. The molecule has 0 fully saturated rings. The number of unbranched alkanes of at least 4 members (excludes halogenated alkanes) is 1. The van der Waals surface area contributed by atoms with Crippen LogP contribution in [0.25, 0.3) is 22.5 Å². The van der Waals surface area contributed by atoms with Gasteiger partial charge in [0.25, 0.3) is 0 Å². The molecule has 7 heteroatoms. The summed E-state index contributed by atoms with van der Waals surface area (Å²) in [6.07, 6.45) is 3.33. The fourth-order valence-electron chi connectivity index (χ4n) is 4.32. The van der Waals surface area contributed by atoms with Crippen molar-refractivity contribution in [2.24, 2.45) is 5.10 Å². The lowest BCUT2D eigenvalue weighted by molar-refractivity contribution is 0.222. The zero-order valence-corrected chi connectivity index (χ0v) is 19.4. The van der Waals surface area contributed by atoms with Crippen molar-refractivity contribution in [2.75, 3.05) is 6.67 Å². The van der Waals surface area contributed by atoms with Gasteiger partial charge in [0.1, 0.15) is 12.5 Å². The lowest BCUT2D eigenvalue weighted by atomic mass is 9.98. The molecule has 0 aliphatic carbocycles. The Morgan fingerprint density at radius 2 is 1.56 bits per heavy atom. The second-order valence-electron chi connectivity index (χ2n) is 8.59. The number of nitrogens with one attached hydrogen (secondary N) is 1. The lowest BCUT2D eigenvalue weighted by Gasteiger charge is -2.22. The summed E-state index contributed by atoms with van der Waals surface area (Å²) in [5.74, 6) is 1.79. The number of tetrazole rings is 1. The molecule has 0 saturated heterocycles. The number of aromatic nitrogens is 4.